The molecule has 0 saturated carbocycles. The molecule has 1 aliphatic heterocycles. The Morgan fingerprint density at radius 1 is 2.00 bits per heavy atom. The molecule has 1 heterocycles. The highest BCUT2D eigenvalue weighted by molar-refractivity contribution is 5.84. The molecule has 40 valence electrons. The summed E-state index contributed by atoms with van der Waals surface area (Å²) in [5.74, 6) is -0.484. The van der Waals surface area contributed by atoms with Crippen molar-refractivity contribution in [3.8, 4) is 0 Å². The first-order valence-electron chi connectivity index (χ1n) is 2.18. The average Bonchev–Trinajstić information content (AvgIpc) is 1.65. The SMILES string of the molecule is O=C1NCC1CF. The van der Waals surface area contributed by atoms with Crippen molar-refractivity contribution in [1.29, 1.82) is 0 Å². The maximum atomic E-state index is 11.4. The maximum Gasteiger partial charge on any atom is 0.227 e. The molecule has 0 aromatic heterocycles. The molecule has 1 rings (SSSR count). The monoisotopic (exact) mass is 103 g/mol. The van der Waals surface area contributed by atoms with Crippen molar-refractivity contribution < 1.29 is 9.18 Å². The van der Waals surface area contributed by atoms with Crippen molar-refractivity contribution >= 4 is 5.91 Å². The van der Waals surface area contributed by atoms with Crippen LogP contribution < -0.4 is 5.32 Å². The fourth-order valence-corrected chi connectivity index (χ4v) is 0.454. The molecule has 0 aromatic carbocycles. The standard InChI is InChI=1S/C4H6FNO/c5-1-3-2-6-4(3)7/h3H,1-2H2,(H,6,7). The van der Waals surface area contributed by atoms with Crippen molar-refractivity contribution in [3.63, 3.8) is 0 Å². The summed E-state index contributed by atoms with van der Waals surface area (Å²) in [5, 5.41) is 2.43. The predicted molar refractivity (Wildman–Crippen MR) is 22.5 cm³/mol. The number of hydrogen-bond donors (Lipinski definition) is 1. The fourth-order valence-electron chi connectivity index (χ4n) is 0.454. The minimum absolute atomic E-state index is 0.150. The number of carbonyl (C=O) groups is 1. The highest BCUT2D eigenvalue weighted by Gasteiger charge is 2.26. The van der Waals surface area contributed by atoms with Gasteiger partial charge in [-0.25, -0.2) is 0 Å². The lowest BCUT2D eigenvalue weighted by atomic mass is 10.1. The molecule has 2 nitrogen and oxygen atoms in total. The van der Waals surface area contributed by atoms with Crippen molar-refractivity contribution in [2.45, 2.75) is 0 Å². The quantitative estimate of drug-likeness (QED) is 0.453. The van der Waals surface area contributed by atoms with E-state index >= 15 is 0 Å². The van der Waals surface area contributed by atoms with E-state index in [9.17, 15) is 9.18 Å². The van der Waals surface area contributed by atoms with Crippen molar-refractivity contribution in [1.82, 2.24) is 5.32 Å². The first-order chi connectivity index (χ1) is 3.34. The number of amides is 1. The van der Waals surface area contributed by atoms with Crippen LogP contribution in [-0.4, -0.2) is 19.1 Å². The predicted octanol–water partition coefficient (Wildman–Crippen LogP) is -0.298. The van der Waals surface area contributed by atoms with Gasteiger partial charge in [0.15, 0.2) is 0 Å². The molecule has 1 atom stereocenters. The molecule has 1 saturated heterocycles. The Morgan fingerprint density at radius 3 is 2.71 bits per heavy atom. The average molecular weight is 103 g/mol. The Hall–Kier alpha value is -0.600. The molecule has 7 heavy (non-hydrogen) atoms. The Balaban J connectivity index is 2.29. The lowest BCUT2D eigenvalue weighted by molar-refractivity contribution is -0.131. The number of hydrogen-bond acceptors (Lipinski definition) is 1. The van der Waals surface area contributed by atoms with Gasteiger partial charge in [-0.2, -0.15) is 0 Å². The van der Waals surface area contributed by atoms with Crippen LogP contribution in [0, 0.1) is 5.92 Å². The molecule has 0 aromatic rings. The molecule has 3 heteroatoms. The van der Waals surface area contributed by atoms with Crippen LogP contribution in [-0.2, 0) is 4.79 Å². The van der Waals surface area contributed by atoms with Gasteiger partial charge in [-0.1, -0.05) is 0 Å². The molecular weight excluding hydrogens is 97.0 g/mol. The Labute approximate surface area is 40.7 Å². The molecule has 1 unspecified atom stereocenters. The van der Waals surface area contributed by atoms with Gasteiger partial charge >= 0.3 is 0 Å². The lowest BCUT2D eigenvalue weighted by Gasteiger charge is -2.22. The van der Waals surface area contributed by atoms with Crippen LogP contribution in [0.1, 0.15) is 0 Å². The summed E-state index contributed by atoms with van der Waals surface area (Å²) in [4.78, 5) is 10.1. The van der Waals surface area contributed by atoms with Gasteiger partial charge in [0.05, 0.1) is 5.92 Å². The number of carbonyl (C=O) groups excluding carboxylic acids is 1. The topological polar surface area (TPSA) is 29.1 Å². The zero-order valence-corrected chi connectivity index (χ0v) is 3.78. The second-order valence-corrected chi connectivity index (χ2v) is 1.60. The third-order valence-corrected chi connectivity index (χ3v) is 1.08. The molecule has 1 N–H and O–H groups in total. The Kier molecular flexibility index (Phi) is 0.964. The molecular formula is C4H6FNO. The van der Waals surface area contributed by atoms with E-state index in [1.165, 1.54) is 0 Å². The molecule has 1 aliphatic rings. The Bertz CT molecular complexity index is 91.7. The number of β-lactam (4-membered cyclic amide) rings is 1. The van der Waals surface area contributed by atoms with Crippen LogP contribution in [0.25, 0.3) is 0 Å². The van der Waals surface area contributed by atoms with E-state index in [0.717, 1.165) is 0 Å². The van der Waals surface area contributed by atoms with E-state index in [2.05, 4.69) is 5.32 Å². The van der Waals surface area contributed by atoms with Gasteiger partial charge in [0.2, 0.25) is 5.91 Å². The van der Waals surface area contributed by atoms with Crippen LogP contribution in [0.4, 0.5) is 4.39 Å². The van der Waals surface area contributed by atoms with Gasteiger partial charge < -0.3 is 5.32 Å². The molecule has 0 radical (unpaired) electrons. The van der Waals surface area contributed by atoms with E-state index in [1.54, 1.807) is 0 Å². The van der Waals surface area contributed by atoms with Gasteiger partial charge in [-0.3, -0.25) is 9.18 Å². The van der Waals surface area contributed by atoms with Crippen molar-refractivity contribution in [3.05, 3.63) is 0 Å². The van der Waals surface area contributed by atoms with E-state index in [-0.39, 0.29) is 11.8 Å². The smallest absolute Gasteiger partial charge is 0.227 e. The van der Waals surface area contributed by atoms with Gasteiger partial charge in [-0.05, 0) is 0 Å². The largest absolute Gasteiger partial charge is 0.355 e. The first kappa shape index (κ1) is 4.56. The van der Waals surface area contributed by atoms with E-state index in [0.29, 0.717) is 6.54 Å². The third kappa shape index (κ3) is 0.577. The van der Waals surface area contributed by atoms with Crippen LogP contribution in [0.2, 0.25) is 0 Å². The Morgan fingerprint density at radius 2 is 2.71 bits per heavy atom. The summed E-state index contributed by atoms with van der Waals surface area (Å²) >= 11 is 0. The maximum absolute atomic E-state index is 11.4. The van der Waals surface area contributed by atoms with E-state index in [1.807, 2.05) is 0 Å². The summed E-state index contributed by atoms with van der Waals surface area (Å²) < 4.78 is 11.4. The number of alkyl halides is 1. The molecule has 0 bridgehead atoms. The zero-order chi connectivity index (χ0) is 5.28. The van der Waals surface area contributed by atoms with Gasteiger partial charge in [0.1, 0.15) is 6.67 Å². The van der Waals surface area contributed by atoms with Crippen LogP contribution in [0.3, 0.4) is 0 Å². The van der Waals surface area contributed by atoms with Gasteiger partial charge in [0.25, 0.3) is 0 Å². The molecule has 1 fully saturated rings. The summed E-state index contributed by atoms with van der Waals surface area (Å²) in [5.41, 5.74) is 0. The summed E-state index contributed by atoms with van der Waals surface area (Å²) in [6, 6.07) is 0. The third-order valence-electron chi connectivity index (χ3n) is 1.08. The second kappa shape index (κ2) is 1.48. The van der Waals surface area contributed by atoms with E-state index in [4.69, 9.17) is 0 Å². The minimum atomic E-state index is -0.508. The van der Waals surface area contributed by atoms with Crippen molar-refractivity contribution in [2.24, 2.45) is 5.92 Å². The van der Waals surface area contributed by atoms with E-state index < -0.39 is 6.67 Å². The fraction of sp³-hybridized carbons (Fsp3) is 0.750. The van der Waals surface area contributed by atoms with Crippen LogP contribution in [0.5, 0.6) is 0 Å². The highest BCUT2D eigenvalue weighted by atomic mass is 19.1. The summed E-state index contributed by atoms with van der Waals surface area (Å²) in [6.45, 7) is 0.0150. The first-order valence-corrected chi connectivity index (χ1v) is 2.18. The van der Waals surface area contributed by atoms with Gasteiger partial charge in [0, 0.05) is 6.54 Å². The molecule has 1 amide bonds. The summed E-state index contributed by atoms with van der Waals surface area (Å²) in [6.07, 6.45) is 0. The second-order valence-electron chi connectivity index (χ2n) is 1.60. The minimum Gasteiger partial charge on any atom is -0.355 e. The lowest BCUT2D eigenvalue weighted by Crippen LogP contribution is -2.49. The van der Waals surface area contributed by atoms with Crippen LogP contribution in [0.15, 0.2) is 0 Å². The van der Waals surface area contributed by atoms with Crippen LogP contribution >= 0.6 is 0 Å². The molecule has 0 aliphatic carbocycles. The normalized spacial score (nSPS) is 28.7. The molecule has 0 spiro atoms. The number of rotatable bonds is 1. The zero-order valence-electron chi connectivity index (χ0n) is 3.78. The summed E-state index contributed by atoms with van der Waals surface area (Å²) in [7, 11) is 0. The van der Waals surface area contributed by atoms with Crippen molar-refractivity contribution in [2.75, 3.05) is 13.2 Å². The number of halogens is 1. The number of nitrogens with one attached hydrogen (secondary N) is 1. The van der Waals surface area contributed by atoms with Gasteiger partial charge in [-0.15, -0.1) is 0 Å². The highest BCUT2D eigenvalue weighted by Crippen LogP contribution is 2.03.